The molecule has 13 heavy (non-hydrogen) atoms. The molecule has 1 saturated heterocycles. The summed E-state index contributed by atoms with van der Waals surface area (Å²) in [5, 5.41) is 3.31. The minimum Gasteiger partial charge on any atom is -0.315 e. The summed E-state index contributed by atoms with van der Waals surface area (Å²) in [4.78, 5) is 0. The third-order valence-corrected chi connectivity index (χ3v) is 3.44. The van der Waals surface area contributed by atoms with E-state index in [4.69, 9.17) is 0 Å². The van der Waals surface area contributed by atoms with E-state index in [-0.39, 0.29) is 5.82 Å². The van der Waals surface area contributed by atoms with Crippen molar-refractivity contribution in [2.75, 3.05) is 13.1 Å². The summed E-state index contributed by atoms with van der Waals surface area (Å²) >= 11 is 0. The van der Waals surface area contributed by atoms with Crippen molar-refractivity contribution in [3.63, 3.8) is 0 Å². The normalized spacial score (nSPS) is 22.8. The summed E-state index contributed by atoms with van der Waals surface area (Å²) in [6.45, 7) is 2.15. The first kappa shape index (κ1) is 7.51. The predicted octanol–water partition coefficient (Wildman–Crippen LogP) is 1.61. The van der Waals surface area contributed by atoms with E-state index in [2.05, 4.69) is 5.32 Å². The van der Waals surface area contributed by atoms with Crippen molar-refractivity contribution >= 4 is 0 Å². The lowest BCUT2D eigenvalue weighted by molar-refractivity contribution is 0.276. The van der Waals surface area contributed by atoms with Crippen LogP contribution in [0.1, 0.15) is 17.5 Å². The van der Waals surface area contributed by atoms with Crippen LogP contribution in [0.15, 0.2) is 18.2 Å². The Bertz CT molecular complexity index is 355. The van der Waals surface area contributed by atoms with E-state index in [1.807, 2.05) is 6.07 Å². The Morgan fingerprint density at radius 2 is 2.15 bits per heavy atom. The lowest BCUT2D eigenvalue weighted by atomic mass is 9.76. The molecular formula is C11H12FN. The molecule has 68 valence electrons. The zero-order valence-corrected chi connectivity index (χ0v) is 7.44. The lowest BCUT2D eigenvalue weighted by Crippen LogP contribution is -2.55. The van der Waals surface area contributed by atoms with Gasteiger partial charge in [-0.05, 0) is 36.1 Å². The first-order valence-electron chi connectivity index (χ1n) is 4.80. The van der Waals surface area contributed by atoms with Gasteiger partial charge in [0.1, 0.15) is 5.82 Å². The Morgan fingerprint density at radius 1 is 1.31 bits per heavy atom. The molecule has 0 radical (unpaired) electrons. The third-order valence-electron chi connectivity index (χ3n) is 3.44. The van der Waals surface area contributed by atoms with Gasteiger partial charge in [-0.3, -0.25) is 0 Å². The molecular weight excluding hydrogens is 165 g/mol. The van der Waals surface area contributed by atoms with Gasteiger partial charge in [0.05, 0.1) is 0 Å². The summed E-state index contributed by atoms with van der Waals surface area (Å²) in [5.41, 5.74) is 2.97. The Kier molecular flexibility index (Phi) is 1.34. The predicted molar refractivity (Wildman–Crippen MR) is 49.3 cm³/mol. The van der Waals surface area contributed by atoms with E-state index >= 15 is 0 Å². The van der Waals surface area contributed by atoms with E-state index in [0.717, 1.165) is 19.5 Å². The van der Waals surface area contributed by atoms with E-state index in [0.29, 0.717) is 5.41 Å². The van der Waals surface area contributed by atoms with Gasteiger partial charge < -0.3 is 5.32 Å². The minimum atomic E-state index is -0.0944. The zero-order valence-electron chi connectivity index (χ0n) is 7.44. The van der Waals surface area contributed by atoms with Crippen LogP contribution in [0.5, 0.6) is 0 Å². The first-order chi connectivity index (χ1) is 6.30. The number of fused-ring (bicyclic) bond motifs is 2. The molecule has 3 rings (SSSR count). The fraction of sp³-hybridized carbons (Fsp3) is 0.455. The molecule has 1 aromatic rings. The Balaban J connectivity index is 2.11. The van der Waals surface area contributed by atoms with Gasteiger partial charge in [-0.2, -0.15) is 0 Å². The molecule has 1 aliphatic heterocycles. The second-order valence-electron chi connectivity index (χ2n) is 4.19. The second-order valence-corrected chi connectivity index (χ2v) is 4.19. The standard InChI is InChI=1S/C11H12FN/c12-9-1-2-10-8(5-9)3-4-11(10)6-13-7-11/h1-2,5,13H,3-4,6-7H2. The van der Waals surface area contributed by atoms with Crippen LogP contribution in [0.3, 0.4) is 0 Å². The molecule has 0 unspecified atom stereocenters. The average Bonchev–Trinajstić information content (AvgIpc) is 2.41. The monoisotopic (exact) mass is 177 g/mol. The number of aryl methyl sites for hydroxylation is 1. The van der Waals surface area contributed by atoms with Gasteiger partial charge in [0, 0.05) is 18.5 Å². The van der Waals surface area contributed by atoms with Crippen molar-refractivity contribution in [1.82, 2.24) is 5.32 Å². The average molecular weight is 177 g/mol. The van der Waals surface area contributed by atoms with Crippen molar-refractivity contribution in [2.45, 2.75) is 18.3 Å². The van der Waals surface area contributed by atoms with Gasteiger partial charge in [-0.15, -0.1) is 0 Å². The fourth-order valence-corrected chi connectivity index (χ4v) is 2.59. The van der Waals surface area contributed by atoms with Gasteiger partial charge in [-0.25, -0.2) is 4.39 Å². The van der Waals surface area contributed by atoms with Crippen LogP contribution in [0.4, 0.5) is 4.39 Å². The van der Waals surface area contributed by atoms with Gasteiger partial charge >= 0.3 is 0 Å². The number of nitrogens with one attached hydrogen (secondary N) is 1. The van der Waals surface area contributed by atoms with Crippen LogP contribution < -0.4 is 5.32 Å². The van der Waals surface area contributed by atoms with Crippen LogP contribution >= 0.6 is 0 Å². The molecule has 0 saturated carbocycles. The molecule has 0 bridgehead atoms. The highest BCUT2D eigenvalue weighted by Gasteiger charge is 2.43. The summed E-state index contributed by atoms with van der Waals surface area (Å²) in [6, 6.07) is 5.26. The first-order valence-corrected chi connectivity index (χ1v) is 4.80. The Morgan fingerprint density at radius 3 is 2.85 bits per heavy atom. The Hall–Kier alpha value is -0.890. The van der Waals surface area contributed by atoms with Crippen LogP contribution in [0.25, 0.3) is 0 Å². The van der Waals surface area contributed by atoms with Crippen molar-refractivity contribution < 1.29 is 4.39 Å². The SMILES string of the molecule is Fc1ccc2c(c1)CCC21CNC1. The highest BCUT2D eigenvalue weighted by Crippen LogP contribution is 2.41. The zero-order chi connectivity index (χ0) is 8.89. The van der Waals surface area contributed by atoms with E-state index in [9.17, 15) is 4.39 Å². The van der Waals surface area contributed by atoms with Crippen LogP contribution in [0, 0.1) is 5.82 Å². The molecule has 1 aromatic carbocycles. The maximum absolute atomic E-state index is 12.9. The van der Waals surface area contributed by atoms with E-state index < -0.39 is 0 Å². The van der Waals surface area contributed by atoms with Crippen LogP contribution in [0.2, 0.25) is 0 Å². The summed E-state index contributed by atoms with van der Waals surface area (Å²) < 4.78 is 12.9. The Labute approximate surface area is 77.0 Å². The van der Waals surface area contributed by atoms with Gasteiger partial charge in [-0.1, -0.05) is 6.07 Å². The smallest absolute Gasteiger partial charge is 0.123 e. The second kappa shape index (κ2) is 2.32. The van der Waals surface area contributed by atoms with Crippen molar-refractivity contribution in [3.05, 3.63) is 35.1 Å². The molecule has 1 heterocycles. The van der Waals surface area contributed by atoms with Crippen molar-refractivity contribution in [1.29, 1.82) is 0 Å². The topological polar surface area (TPSA) is 12.0 Å². The number of rotatable bonds is 0. The number of halogens is 1. The van der Waals surface area contributed by atoms with Crippen molar-refractivity contribution in [2.24, 2.45) is 0 Å². The number of hydrogen-bond donors (Lipinski definition) is 1. The highest BCUT2D eigenvalue weighted by atomic mass is 19.1. The van der Waals surface area contributed by atoms with E-state index in [1.54, 1.807) is 12.1 Å². The summed E-state index contributed by atoms with van der Waals surface area (Å²) in [5.74, 6) is -0.0944. The molecule has 0 aromatic heterocycles. The van der Waals surface area contributed by atoms with E-state index in [1.165, 1.54) is 17.5 Å². The molecule has 1 N–H and O–H groups in total. The number of benzene rings is 1. The maximum Gasteiger partial charge on any atom is 0.123 e. The summed E-state index contributed by atoms with van der Waals surface area (Å²) in [7, 11) is 0. The highest BCUT2D eigenvalue weighted by molar-refractivity contribution is 5.42. The van der Waals surface area contributed by atoms with Gasteiger partial charge in [0.15, 0.2) is 0 Å². The van der Waals surface area contributed by atoms with Crippen LogP contribution in [-0.2, 0) is 11.8 Å². The molecule has 0 atom stereocenters. The quantitative estimate of drug-likeness (QED) is 0.635. The van der Waals surface area contributed by atoms with Gasteiger partial charge in [0.2, 0.25) is 0 Å². The molecule has 2 aliphatic rings. The molecule has 1 spiro atoms. The molecule has 1 nitrogen and oxygen atoms in total. The van der Waals surface area contributed by atoms with Gasteiger partial charge in [0.25, 0.3) is 0 Å². The minimum absolute atomic E-state index is 0.0944. The lowest BCUT2D eigenvalue weighted by Gasteiger charge is -2.40. The molecule has 0 amide bonds. The fourth-order valence-electron chi connectivity index (χ4n) is 2.59. The molecule has 2 heteroatoms. The molecule has 1 aliphatic carbocycles. The third kappa shape index (κ3) is 0.894. The van der Waals surface area contributed by atoms with Crippen LogP contribution in [-0.4, -0.2) is 13.1 Å². The van der Waals surface area contributed by atoms with Crippen molar-refractivity contribution in [3.8, 4) is 0 Å². The largest absolute Gasteiger partial charge is 0.315 e. The number of hydrogen-bond acceptors (Lipinski definition) is 1. The maximum atomic E-state index is 12.9. The summed E-state index contributed by atoms with van der Waals surface area (Å²) in [6.07, 6.45) is 2.24. The molecule has 1 fully saturated rings.